The molecule has 0 aliphatic carbocycles. The Balaban J connectivity index is 3.38. The van der Waals surface area contributed by atoms with Crippen LogP contribution in [0.15, 0.2) is 24.3 Å². The van der Waals surface area contributed by atoms with Crippen LogP contribution in [0.3, 0.4) is 0 Å². The summed E-state index contributed by atoms with van der Waals surface area (Å²) in [5.41, 5.74) is 0. The monoisotopic (exact) mass is 1100 g/mol. The molecule has 6 heteroatoms. The molecule has 0 bridgehead atoms. The molecule has 0 saturated carbocycles. The Morgan fingerprint density at radius 3 is 0.910 bits per heavy atom. The summed E-state index contributed by atoms with van der Waals surface area (Å²) in [6.45, 7) is 4.94. The number of aliphatic hydroxyl groups is 2. The number of aliphatic hydroxyl groups excluding tert-OH is 2. The molecular formula is C72H139NO5. The molecule has 0 heterocycles. The van der Waals surface area contributed by atoms with Crippen molar-refractivity contribution in [2.45, 2.75) is 411 Å². The lowest BCUT2D eigenvalue weighted by Crippen LogP contribution is -2.45. The Hall–Kier alpha value is -1.66. The van der Waals surface area contributed by atoms with Crippen LogP contribution in [0.25, 0.3) is 0 Å². The van der Waals surface area contributed by atoms with Crippen molar-refractivity contribution < 1.29 is 24.5 Å². The summed E-state index contributed by atoms with van der Waals surface area (Å²) in [5.74, 6) is -0.0440. The van der Waals surface area contributed by atoms with E-state index >= 15 is 0 Å². The quantitative estimate of drug-likeness (QED) is 0.0320. The first-order valence-corrected chi connectivity index (χ1v) is 35.6. The minimum atomic E-state index is -0.843. The molecule has 0 spiro atoms. The number of amides is 1. The number of carbonyl (C=O) groups excluding carboxylic acids is 2. The van der Waals surface area contributed by atoms with Crippen LogP contribution in [0.2, 0.25) is 0 Å². The Labute approximate surface area is 488 Å². The van der Waals surface area contributed by atoms with Crippen molar-refractivity contribution in [2.75, 3.05) is 13.2 Å². The van der Waals surface area contributed by atoms with Gasteiger partial charge in [-0.25, -0.2) is 0 Å². The number of hydrogen-bond acceptors (Lipinski definition) is 5. The van der Waals surface area contributed by atoms with E-state index in [1.165, 1.54) is 334 Å². The van der Waals surface area contributed by atoms with Crippen molar-refractivity contribution in [3.8, 4) is 0 Å². The zero-order valence-electron chi connectivity index (χ0n) is 52.9. The fraction of sp³-hybridized carbons (Fsp3) is 0.917. The first-order valence-electron chi connectivity index (χ1n) is 35.6. The molecule has 0 saturated heterocycles. The van der Waals surface area contributed by atoms with Gasteiger partial charge >= 0.3 is 5.97 Å². The summed E-state index contributed by atoms with van der Waals surface area (Å²) < 4.78 is 5.49. The number of allylic oxidation sites excluding steroid dienone is 3. The summed E-state index contributed by atoms with van der Waals surface area (Å²) in [6.07, 6.45) is 85.5. The van der Waals surface area contributed by atoms with Gasteiger partial charge in [0.15, 0.2) is 0 Å². The number of rotatable bonds is 67. The van der Waals surface area contributed by atoms with Crippen molar-refractivity contribution in [2.24, 2.45) is 0 Å². The molecule has 6 nitrogen and oxygen atoms in total. The topological polar surface area (TPSA) is 95.9 Å². The number of unbranched alkanes of at least 4 members (excludes halogenated alkanes) is 54. The van der Waals surface area contributed by atoms with E-state index in [1.54, 1.807) is 6.08 Å². The first-order chi connectivity index (χ1) is 38.5. The molecule has 0 aromatic carbocycles. The lowest BCUT2D eigenvalue weighted by Gasteiger charge is -2.20. The molecule has 462 valence electrons. The molecule has 0 rings (SSSR count). The molecule has 1 amide bonds. The highest BCUT2D eigenvalue weighted by Gasteiger charge is 2.18. The highest BCUT2D eigenvalue weighted by Crippen LogP contribution is 2.19. The number of carbonyl (C=O) groups is 2. The van der Waals surface area contributed by atoms with Crippen LogP contribution in [-0.2, 0) is 14.3 Å². The molecule has 2 atom stereocenters. The zero-order chi connectivity index (χ0) is 56.4. The van der Waals surface area contributed by atoms with Gasteiger partial charge < -0.3 is 20.3 Å². The maximum atomic E-state index is 12.5. The molecule has 0 aromatic rings. The minimum absolute atomic E-state index is 0.0190. The van der Waals surface area contributed by atoms with Crippen LogP contribution in [0.5, 0.6) is 0 Å². The average Bonchev–Trinajstić information content (AvgIpc) is 3.44. The van der Waals surface area contributed by atoms with Gasteiger partial charge in [0, 0.05) is 12.8 Å². The van der Waals surface area contributed by atoms with E-state index in [0.29, 0.717) is 19.4 Å². The van der Waals surface area contributed by atoms with Gasteiger partial charge in [0.2, 0.25) is 5.91 Å². The van der Waals surface area contributed by atoms with Crippen LogP contribution >= 0.6 is 0 Å². The maximum absolute atomic E-state index is 12.5. The summed E-state index contributed by atoms with van der Waals surface area (Å²) in [4.78, 5) is 24.6. The van der Waals surface area contributed by atoms with Gasteiger partial charge in [0.1, 0.15) is 0 Å². The van der Waals surface area contributed by atoms with Gasteiger partial charge in [-0.05, 0) is 57.8 Å². The number of esters is 1. The Kier molecular flexibility index (Phi) is 66.4. The summed E-state index contributed by atoms with van der Waals surface area (Å²) >= 11 is 0. The van der Waals surface area contributed by atoms with E-state index in [9.17, 15) is 19.8 Å². The summed E-state index contributed by atoms with van der Waals surface area (Å²) in [6, 6.07) is -0.627. The number of nitrogens with one attached hydrogen (secondary N) is 1. The van der Waals surface area contributed by atoms with Gasteiger partial charge in [-0.3, -0.25) is 9.59 Å². The molecule has 3 N–H and O–H groups in total. The van der Waals surface area contributed by atoms with Crippen molar-refractivity contribution in [1.29, 1.82) is 0 Å². The third kappa shape index (κ3) is 63.5. The molecule has 78 heavy (non-hydrogen) atoms. The molecular weight excluding hydrogens is 959 g/mol. The molecule has 0 fully saturated rings. The fourth-order valence-corrected chi connectivity index (χ4v) is 11.3. The van der Waals surface area contributed by atoms with Crippen molar-refractivity contribution >= 4 is 11.9 Å². The first kappa shape index (κ1) is 76.3. The maximum Gasteiger partial charge on any atom is 0.305 e. The molecule has 2 unspecified atom stereocenters. The van der Waals surface area contributed by atoms with Crippen LogP contribution in [0.1, 0.15) is 399 Å². The summed E-state index contributed by atoms with van der Waals surface area (Å²) in [5, 5.41) is 23.2. The standard InChI is InChI=1S/C72H139NO5/c1-3-5-7-9-11-13-15-17-18-19-34-37-41-44-48-52-56-60-64-70(75)69(68-74)73-71(76)65-61-57-53-49-45-42-38-35-32-30-28-26-24-22-20-21-23-25-27-29-31-33-36-39-43-47-51-55-59-63-67-78-72(77)66-62-58-54-50-46-40-16-14-12-10-8-6-4-2/h21,23,60,64,69-70,74-75H,3-20,22,24-59,61-63,65-68H2,1-2H3,(H,73,76)/b23-21-,64-60+. The smallest absolute Gasteiger partial charge is 0.305 e. The van der Waals surface area contributed by atoms with Gasteiger partial charge in [0.25, 0.3) is 0 Å². The molecule has 0 aromatic heterocycles. The van der Waals surface area contributed by atoms with Gasteiger partial charge in [0.05, 0.1) is 25.4 Å². The van der Waals surface area contributed by atoms with E-state index in [1.807, 2.05) is 6.08 Å². The Bertz CT molecular complexity index is 1220. The second-order valence-corrected chi connectivity index (χ2v) is 24.6. The Morgan fingerprint density at radius 1 is 0.346 bits per heavy atom. The van der Waals surface area contributed by atoms with Crippen LogP contribution in [0, 0.1) is 0 Å². The number of hydrogen-bond donors (Lipinski definition) is 3. The van der Waals surface area contributed by atoms with Crippen molar-refractivity contribution in [3.63, 3.8) is 0 Å². The predicted molar refractivity (Wildman–Crippen MR) is 343 cm³/mol. The lowest BCUT2D eigenvalue weighted by atomic mass is 10.0. The van der Waals surface area contributed by atoms with E-state index in [4.69, 9.17) is 4.74 Å². The molecule has 0 aliphatic heterocycles. The molecule has 0 aliphatic rings. The normalized spacial score (nSPS) is 12.6. The van der Waals surface area contributed by atoms with Crippen LogP contribution in [0.4, 0.5) is 0 Å². The zero-order valence-corrected chi connectivity index (χ0v) is 52.9. The highest BCUT2D eigenvalue weighted by molar-refractivity contribution is 5.76. The highest BCUT2D eigenvalue weighted by atomic mass is 16.5. The van der Waals surface area contributed by atoms with E-state index in [2.05, 4.69) is 31.3 Å². The van der Waals surface area contributed by atoms with Crippen molar-refractivity contribution in [1.82, 2.24) is 5.32 Å². The second-order valence-electron chi connectivity index (χ2n) is 24.6. The fourth-order valence-electron chi connectivity index (χ4n) is 11.3. The van der Waals surface area contributed by atoms with E-state index in [-0.39, 0.29) is 18.5 Å². The Morgan fingerprint density at radius 2 is 0.603 bits per heavy atom. The second kappa shape index (κ2) is 67.8. The third-order valence-corrected chi connectivity index (χ3v) is 16.7. The minimum Gasteiger partial charge on any atom is -0.466 e. The van der Waals surface area contributed by atoms with E-state index < -0.39 is 12.1 Å². The largest absolute Gasteiger partial charge is 0.466 e. The number of ether oxygens (including phenoxy) is 1. The molecule has 0 radical (unpaired) electrons. The van der Waals surface area contributed by atoms with Gasteiger partial charge in [-0.1, -0.05) is 353 Å². The average molecular weight is 1100 g/mol. The van der Waals surface area contributed by atoms with Crippen molar-refractivity contribution in [3.05, 3.63) is 24.3 Å². The van der Waals surface area contributed by atoms with E-state index in [0.717, 1.165) is 38.5 Å². The van der Waals surface area contributed by atoms with Gasteiger partial charge in [-0.2, -0.15) is 0 Å². The lowest BCUT2D eigenvalue weighted by molar-refractivity contribution is -0.143. The third-order valence-electron chi connectivity index (χ3n) is 16.7. The SMILES string of the molecule is CCCCCCCCCCCCCCCCCC/C=C/C(O)C(CO)NC(=O)CCCCCCCCCCCCCCCC/C=C\CCCCCCCCCCCCCCOC(=O)CCCCCCCCCCCCCCC. The van der Waals surface area contributed by atoms with Gasteiger partial charge in [-0.15, -0.1) is 0 Å². The van der Waals surface area contributed by atoms with Crippen LogP contribution < -0.4 is 5.32 Å². The predicted octanol–water partition coefficient (Wildman–Crippen LogP) is 22.9. The van der Waals surface area contributed by atoms with Crippen LogP contribution in [-0.4, -0.2) is 47.4 Å². The summed E-state index contributed by atoms with van der Waals surface area (Å²) in [7, 11) is 0.